The standard InChI is InChI=1S/C14H27NO3/c1-5-9-12(6-2)14(3,4)18-13(17)15-10-7-8-11-16/h11-12H,5-10H2,1-4H3,(H,15,17). The zero-order valence-corrected chi connectivity index (χ0v) is 12.1. The molecule has 0 aromatic heterocycles. The Kier molecular flexibility index (Phi) is 8.42. The molecule has 0 fully saturated rings. The average Bonchev–Trinajstić information content (AvgIpc) is 2.30. The number of aldehydes is 1. The van der Waals surface area contributed by atoms with E-state index in [0.717, 1.165) is 25.5 Å². The van der Waals surface area contributed by atoms with Crippen LogP contribution in [0.25, 0.3) is 0 Å². The van der Waals surface area contributed by atoms with Crippen LogP contribution in [0.1, 0.15) is 59.8 Å². The lowest BCUT2D eigenvalue weighted by Gasteiger charge is -2.33. The first-order chi connectivity index (χ1) is 8.47. The van der Waals surface area contributed by atoms with E-state index in [9.17, 15) is 9.59 Å². The van der Waals surface area contributed by atoms with Crippen LogP contribution in [0.2, 0.25) is 0 Å². The molecule has 0 saturated heterocycles. The largest absolute Gasteiger partial charge is 0.443 e. The van der Waals surface area contributed by atoms with Crippen LogP contribution in [0.15, 0.2) is 0 Å². The molecule has 0 aromatic rings. The van der Waals surface area contributed by atoms with Gasteiger partial charge in [0.1, 0.15) is 11.9 Å². The fourth-order valence-electron chi connectivity index (χ4n) is 2.13. The van der Waals surface area contributed by atoms with Crippen LogP contribution in [0.4, 0.5) is 4.79 Å². The molecule has 0 aromatic carbocycles. The number of unbranched alkanes of at least 4 members (excludes halogenated alkanes) is 1. The Labute approximate surface area is 110 Å². The van der Waals surface area contributed by atoms with Gasteiger partial charge in [0.15, 0.2) is 0 Å². The van der Waals surface area contributed by atoms with Crippen LogP contribution < -0.4 is 5.32 Å². The van der Waals surface area contributed by atoms with E-state index in [1.807, 2.05) is 13.8 Å². The van der Waals surface area contributed by atoms with Gasteiger partial charge in [-0.2, -0.15) is 0 Å². The number of amides is 1. The highest BCUT2D eigenvalue weighted by molar-refractivity contribution is 5.67. The minimum Gasteiger partial charge on any atom is -0.443 e. The molecule has 1 atom stereocenters. The predicted molar refractivity (Wildman–Crippen MR) is 72.5 cm³/mol. The van der Waals surface area contributed by atoms with E-state index in [2.05, 4.69) is 19.2 Å². The van der Waals surface area contributed by atoms with Crippen LogP contribution in [-0.4, -0.2) is 24.5 Å². The van der Waals surface area contributed by atoms with Crippen molar-refractivity contribution in [1.82, 2.24) is 5.32 Å². The van der Waals surface area contributed by atoms with Crippen molar-refractivity contribution in [3.05, 3.63) is 0 Å². The first-order valence-electron chi connectivity index (χ1n) is 6.88. The second-order valence-corrected chi connectivity index (χ2v) is 5.12. The Balaban J connectivity index is 4.12. The van der Waals surface area contributed by atoms with Crippen LogP contribution >= 0.6 is 0 Å². The highest BCUT2D eigenvalue weighted by atomic mass is 16.6. The van der Waals surface area contributed by atoms with E-state index in [1.54, 1.807) is 0 Å². The van der Waals surface area contributed by atoms with Crippen LogP contribution in [0, 0.1) is 5.92 Å². The molecule has 0 rings (SSSR count). The summed E-state index contributed by atoms with van der Waals surface area (Å²) >= 11 is 0. The number of ether oxygens (including phenoxy) is 1. The van der Waals surface area contributed by atoms with E-state index in [1.165, 1.54) is 0 Å². The van der Waals surface area contributed by atoms with E-state index in [-0.39, 0.29) is 6.09 Å². The van der Waals surface area contributed by atoms with Crippen molar-refractivity contribution >= 4 is 12.4 Å². The molecule has 18 heavy (non-hydrogen) atoms. The fourth-order valence-corrected chi connectivity index (χ4v) is 2.13. The zero-order valence-electron chi connectivity index (χ0n) is 12.1. The fraction of sp³-hybridized carbons (Fsp3) is 0.857. The molecule has 0 saturated carbocycles. The lowest BCUT2D eigenvalue weighted by atomic mass is 9.85. The third kappa shape index (κ3) is 6.62. The van der Waals surface area contributed by atoms with Crippen LogP contribution in [0.5, 0.6) is 0 Å². The summed E-state index contributed by atoms with van der Waals surface area (Å²) in [6.07, 6.45) is 4.74. The molecular weight excluding hydrogens is 230 g/mol. The number of rotatable bonds is 9. The molecule has 0 bridgehead atoms. The monoisotopic (exact) mass is 257 g/mol. The minimum atomic E-state index is -0.445. The predicted octanol–water partition coefficient (Wildman–Crippen LogP) is 3.30. The van der Waals surface area contributed by atoms with Gasteiger partial charge in [0, 0.05) is 13.0 Å². The normalized spacial score (nSPS) is 12.9. The van der Waals surface area contributed by atoms with Gasteiger partial charge in [-0.15, -0.1) is 0 Å². The summed E-state index contributed by atoms with van der Waals surface area (Å²) in [5, 5.41) is 2.67. The first kappa shape index (κ1) is 16.9. The molecule has 0 heterocycles. The van der Waals surface area contributed by atoms with Gasteiger partial charge < -0.3 is 14.8 Å². The Morgan fingerprint density at radius 2 is 2.06 bits per heavy atom. The van der Waals surface area contributed by atoms with Crippen molar-refractivity contribution in [2.24, 2.45) is 5.92 Å². The molecular formula is C14H27NO3. The Bertz CT molecular complexity index is 251. The van der Waals surface area contributed by atoms with Gasteiger partial charge in [0.25, 0.3) is 0 Å². The Morgan fingerprint density at radius 3 is 2.56 bits per heavy atom. The summed E-state index contributed by atoms with van der Waals surface area (Å²) in [6.45, 7) is 8.66. The lowest BCUT2D eigenvalue weighted by molar-refractivity contribution is -0.107. The smallest absolute Gasteiger partial charge is 0.407 e. The third-order valence-electron chi connectivity index (χ3n) is 3.24. The Hall–Kier alpha value is -1.06. The number of carbonyl (C=O) groups excluding carboxylic acids is 2. The molecule has 0 aliphatic rings. The summed E-state index contributed by atoms with van der Waals surface area (Å²) in [6, 6.07) is 0. The number of carbonyl (C=O) groups is 2. The van der Waals surface area contributed by atoms with Gasteiger partial charge in [0.2, 0.25) is 0 Å². The van der Waals surface area contributed by atoms with Crippen molar-refractivity contribution in [1.29, 1.82) is 0 Å². The first-order valence-corrected chi connectivity index (χ1v) is 6.88. The molecule has 4 heteroatoms. The maximum atomic E-state index is 11.6. The summed E-state index contributed by atoms with van der Waals surface area (Å²) in [5.41, 5.74) is -0.445. The maximum absolute atomic E-state index is 11.6. The van der Waals surface area contributed by atoms with Gasteiger partial charge >= 0.3 is 6.09 Å². The molecule has 0 aliphatic heterocycles. The number of nitrogens with one attached hydrogen (secondary N) is 1. The second kappa shape index (κ2) is 8.95. The van der Waals surface area contributed by atoms with Crippen molar-refractivity contribution < 1.29 is 14.3 Å². The van der Waals surface area contributed by atoms with Crippen molar-refractivity contribution in [3.63, 3.8) is 0 Å². The zero-order chi connectivity index (χ0) is 14.0. The minimum absolute atomic E-state index is 0.378. The van der Waals surface area contributed by atoms with E-state index < -0.39 is 5.60 Å². The molecule has 106 valence electrons. The summed E-state index contributed by atoms with van der Waals surface area (Å²) in [4.78, 5) is 21.8. The summed E-state index contributed by atoms with van der Waals surface area (Å²) < 4.78 is 5.49. The Morgan fingerprint density at radius 1 is 1.39 bits per heavy atom. The van der Waals surface area contributed by atoms with Gasteiger partial charge in [-0.1, -0.05) is 20.3 Å². The highest BCUT2D eigenvalue weighted by Crippen LogP contribution is 2.28. The van der Waals surface area contributed by atoms with Gasteiger partial charge in [0.05, 0.1) is 0 Å². The molecule has 1 unspecified atom stereocenters. The van der Waals surface area contributed by atoms with E-state index >= 15 is 0 Å². The number of hydrogen-bond acceptors (Lipinski definition) is 3. The lowest BCUT2D eigenvalue weighted by Crippen LogP contribution is -2.40. The topological polar surface area (TPSA) is 55.4 Å². The molecule has 4 nitrogen and oxygen atoms in total. The second-order valence-electron chi connectivity index (χ2n) is 5.12. The molecule has 0 spiro atoms. The quantitative estimate of drug-likeness (QED) is 0.509. The van der Waals surface area contributed by atoms with Crippen molar-refractivity contribution in [2.75, 3.05) is 6.54 Å². The van der Waals surface area contributed by atoms with Crippen LogP contribution in [-0.2, 0) is 9.53 Å². The SMILES string of the molecule is CCCC(CC)C(C)(C)OC(=O)NCCCC=O. The number of hydrogen-bond donors (Lipinski definition) is 1. The molecule has 1 amide bonds. The molecule has 0 radical (unpaired) electrons. The van der Waals surface area contributed by atoms with Crippen molar-refractivity contribution in [3.8, 4) is 0 Å². The summed E-state index contributed by atoms with van der Waals surface area (Å²) in [5.74, 6) is 0.378. The molecule has 1 N–H and O–H groups in total. The van der Waals surface area contributed by atoms with Crippen molar-refractivity contribution in [2.45, 2.75) is 65.4 Å². The van der Waals surface area contributed by atoms with Crippen LogP contribution in [0.3, 0.4) is 0 Å². The van der Waals surface area contributed by atoms with E-state index in [0.29, 0.717) is 25.3 Å². The summed E-state index contributed by atoms with van der Waals surface area (Å²) in [7, 11) is 0. The highest BCUT2D eigenvalue weighted by Gasteiger charge is 2.31. The van der Waals surface area contributed by atoms with E-state index in [4.69, 9.17) is 4.74 Å². The average molecular weight is 257 g/mol. The molecule has 0 aliphatic carbocycles. The van der Waals surface area contributed by atoms with Gasteiger partial charge in [-0.3, -0.25) is 0 Å². The maximum Gasteiger partial charge on any atom is 0.407 e. The third-order valence-corrected chi connectivity index (χ3v) is 3.24. The number of alkyl carbamates (subject to hydrolysis) is 1. The van der Waals surface area contributed by atoms with Gasteiger partial charge in [-0.25, -0.2) is 4.79 Å². The van der Waals surface area contributed by atoms with Gasteiger partial charge in [-0.05, 0) is 39.0 Å².